The number of aliphatic hydroxyl groups excluding tert-OH is 1. The second kappa shape index (κ2) is 6.61. The number of nitrogens with one attached hydrogen (secondary N) is 1. The summed E-state index contributed by atoms with van der Waals surface area (Å²) in [6.07, 6.45) is 13.4. The first-order chi connectivity index (χ1) is 7.90. The van der Waals surface area contributed by atoms with Gasteiger partial charge in [-0.05, 0) is 38.0 Å². The third kappa shape index (κ3) is 3.46. The van der Waals surface area contributed by atoms with Gasteiger partial charge in [0.05, 0.1) is 0 Å². The molecule has 0 heterocycles. The first kappa shape index (κ1) is 12.4. The zero-order chi connectivity index (χ0) is 11.2. The van der Waals surface area contributed by atoms with Crippen LogP contribution in [0.5, 0.6) is 0 Å². The van der Waals surface area contributed by atoms with Gasteiger partial charge in [-0.3, -0.25) is 0 Å². The standard InChI is InChI=1S/C14H27NO/c16-11-10-14(12-6-2-1-3-7-12)15-13-8-4-5-9-13/h12-16H,1-11H2. The van der Waals surface area contributed by atoms with Crippen molar-refractivity contribution in [1.82, 2.24) is 5.32 Å². The Labute approximate surface area is 99.8 Å². The van der Waals surface area contributed by atoms with E-state index in [1.54, 1.807) is 0 Å². The van der Waals surface area contributed by atoms with Gasteiger partial charge in [0.25, 0.3) is 0 Å². The molecule has 0 aromatic heterocycles. The lowest BCUT2D eigenvalue weighted by Crippen LogP contribution is -2.43. The van der Waals surface area contributed by atoms with Crippen LogP contribution < -0.4 is 5.32 Å². The monoisotopic (exact) mass is 225 g/mol. The Morgan fingerprint density at radius 3 is 2.19 bits per heavy atom. The van der Waals surface area contributed by atoms with Gasteiger partial charge in [-0.15, -0.1) is 0 Å². The van der Waals surface area contributed by atoms with Crippen LogP contribution >= 0.6 is 0 Å². The number of hydrogen-bond acceptors (Lipinski definition) is 2. The van der Waals surface area contributed by atoms with Crippen LogP contribution in [0, 0.1) is 5.92 Å². The lowest BCUT2D eigenvalue weighted by atomic mass is 9.82. The number of aliphatic hydroxyl groups is 1. The predicted octanol–water partition coefficient (Wildman–Crippen LogP) is 2.85. The van der Waals surface area contributed by atoms with Crippen LogP contribution in [0.4, 0.5) is 0 Å². The Bertz CT molecular complexity index is 183. The quantitative estimate of drug-likeness (QED) is 0.754. The summed E-state index contributed by atoms with van der Waals surface area (Å²) in [6, 6.07) is 1.34. The van der Waals surface area contributed by atoms with E-state index in [1.165, 1.54) is 57.8 Å². The number of hydrogen-bond donors (Lipinski definition) is 2. The predicted molar refractivity (Wildman–Crippen MR) is 67.5 cm³/mol. The highest BCUT2D eigenvalue weighted by Crippen LogP contribution is 2.29. The van der Waals surface area contributed by atoms with Crippen molar-refractivity contribution in [2.45, 2.75) is 76.3 Å². The molecule has 0 spiro atoms. The molecule has 1 unspecified atom stereocenters. The Balaban J connectivity index is 1.82. The highest BCUT2D eigenvalue weighted by Gasteiger charge is 2.26. The van der Waals surface area contributed by atoms with Crippen LogP contribution in [0.3, 0.4) is 0 Å². The molecule has 2 N–H and O–H groups in total. The molecule has 1 atom stereocenters. The molecule has 0 aromatic rings. The van der Waals surface area contributed by atoms with Gasteiger partial charge in [-0.1, -0.05) is 32.1 Å². The fourth-order valence-electron chi connectivity index (χ4n) is 3.53. The van der Waals surface area contributed by atoms with E-state index in [1.807, 2.05) is 0 Å². The summed E-state index contributed by atoms with van der Waals surface area (Å²) >= 11 is 0. The Morgan fingerprint density at radius 1 is 0.938 bits per heavy atom. The van der Waals surface area contributed by atoms with Crippen molar-refractivity contribution in [2.75, 3.05) is 6.61 Å². The highest BCUT2D eigenvalue weighted by molar-refractivity contribution is 4.84. The SMILES string of the molecule is OCCC(NC1CCCC1)C1CCCCC1. The minimum atomic E-state index is 0.348. The van der Waals surface area contributed by atoms with Crippen LogP contribution in [0.25, 0.3) is 0 Å². The van der Waals surface area contributed by atoms with Crippen molar-refractivity contribution in [3.05, 3.63) is 0 Å². The van der Waals surface area contributed by atoms with Gasteiger partial charge in [0, 0.05) is 18.7 Å². The summed E-state index contributed by atoms with van der Waals surface area (Å²) in [5.74, 6) is 0.835. The summed E-state index contributed by atoms with van der Waals surface area (Å²) in [5, 5.41) is 13.0. The first-order valence-corrected chi connectivity index (χ1v) is 7.27. The molecule has 2 fully saturated rings. The molecular weight excluding hydrogens is 198 g/mol. The topological polar surface area (TPSA) is 32.3 Å². The average Bonchev–Trinajstić information content (AvgIpc) is 2.83. The molecule has 0 aromatic carbocycles. The molecule has 0 saturated heterocycles. The Hall–Kier alpha value is -0.0800. The number of rotatable bonds is 5. The lowest BCUT2D eigenvalue weighted by molar-refractivity contribution is 0.196. The van der Waals surface area contributed by atoms with Crippen LogP contribution in [0.2, 0.25) is 0 Å². The van der Waals surface area contributed by atoms with Crippen molar-refractivity contribution < 1.29 is 5.11 Å². The van der Waals surface area contributed by atoms with E-state index >= 15 is 0 Å². The minimum absolute atomic E-state index is 0.348. The molecule has 2 saturated carbocycles. The fraction of sp³-hybridized carbons (Fsp3) is 1.00. The van der Waals surface area contributed by atoms with E-state index in [0.717, 1.165) is 18.4 Å². The molecule has 2 aliphatic rings. The van der Waals surface area contributed by atoms with Gasteiger partial charge in [0.1, 0.15) is 0 Å². The maximum absolute atomic E-state index is 9.20. The normalized spacial score (nSPS) is 26.1. The summed E-state index contributed by atoms with van der Waals surface area (Å²) in [7, 11) is 0. The molecule has 94 valence electrons. The van der Waals surface area contributed by atoms with Crippen LogP contribution in [0.1, 0.15) is 64.2 Å². The van der Waals surface area contributed by atoms with Crippen molar-refractivity contribution in [2.24, 2.45) is 5.92 Å². The molecular formula is C14H27NO. The summed E-state index contributed by atoms with van der Waals surface area (Å²) < 4.78 is 0. The second-order valence-electron chi connectivity index (χ2n) is 5.66. The average molecular weight is 225 g/mol. The Kier molecular flexibility index (Phi) is 5.11. The first-order valence-electron chi connectivity index (χ1n) is 7.27. The minimum Gasteiger partial charge on any atom is -0.396 e. The Morgan fingerprint density at radius 2 is 1.56 bits per heavy atom. The summed E-state index contributed by atoms with van der Waals surface area (Å²) in [5.41, 5.74) is 0. The van der Waals surface area contributed by atoms with E-state index in [2.05, 4.69) is 5.32 Å². The van der Waals surface area contributed by atoms with E-state index in [9.17, 15) is 5.11 Å². The van der Waals surface area contributed by atoms with Gasteiger partial charge in [-0.2, -0.15) is 0 Å². The molecule has 2 heteroatoms. The van der Waals surface area contributed by atoms with E-state index in [4.69, 9.17) is 0 Å². The zero-order valence-corrected chi connectivity index (χ0v) is 10.5. The smallest absolute Gasteiger partial charge is 0.0445 e. The van der Waals surface area contributed by atoms with E-state index in [0.29, 0.717) is 12.6 Å². The van der Waals surface area contributed by atoms with Gasteiger partial charge >= 0.3 is 0 Å². The van der Waals surface area contributed by atoms with E-state index in [-0.39, 0.29) is 0 Å². The molecule has 0 radical (unpaired) electrons. The molecule has 16 heavy (non-hydrogen) atoms. The maximum Gasteiger partial charge on any atom is 0.0445 e. The third-order valence-electron chi connectivity index (χ3n) is 4.46. The molecule has 2 aliphatic carbocycles. The highest BCUT2D eigenvalue weighted by atomic mass is 16.3. The molecule has 0 aliphatic heterocycles. The van der Waals surface area contributed by atoms with E-state index < -0.39 is 0 Å². The van der Waals surface area contributed by atoms with Crippen molar-refractivity contribution in [3.8, 4) is 0 Å². The molecule has 2 nitrogen and oxygen atoms in total. The third-order valence-corrected chi connectivity index (χ3v) is 4.46. The van der Waals surface area contributed by atoms with Crippen LogP contribution in [0.15, 0.2) is 0 Å². The van der Waals surface area contributed by atoms with Gasteiger partial charge < -0.3 is 10.4 Å². The summed E-state index contributed by atoms with van der Waals surface area (Å²) in [6.45, 7) is 0.348. The van der Waals surface area contributed by atoms with Crippen LogP contribution in [-0.4, -0.2) is 23.8 Å². The van der Waals surface area contributed by atoms with Crippen LogP contribution in [-0.2, 0) is 0 Å². The zero-order valence-electron chi connectivity index (χ0n) is 10.5. The van der Waals surface area contributed by atoms with Gasteiger partial charge in [-0.25, -0.2) is 0 Å². The van der Waals surface area contributed by atoms with Crippen molar-refractivity contribution in [1.29, 1.82) is 0 Å². The van der Waals surface area contributed by atoms with Gasteiger partial charge in [0.15, 0.2) is 0 Å². The fourth-order valence-corrected chi connectivity index (χ4v) is 3.53. The summed E-state index contributed by atoms with van der Waals surface area (Å²) in [4.78, 5) is 0. The molecule has 2 rings (SSSR count). The maximum atomic E-state index is 9.20. The molecule has 0 amide bonds. The van der Waals surface area contributed by atoms with Gasteiger partial charge in [0.2, 0.25) is 0 Å². The van der Waals surface area contributed by atoms with Crippen molar-refractivity contribution in [3.63, 3.8) is 0 Å². The van der Waals surface area contributed by atoms with Crippen molar-refractivity contribution >= 4 is 0 Å². The lowest BCUT2D eigenvalue weighted by Gasteiger charge is -2.33. The molecule has 0 bridgehead atoms. The second-order valence-corrected chi connectivity index (χ2v) is 5.66. The largest absolute Gasteiger partial charge is 0.396 e.